The SMILES string of the molecule is O=C(CCCCCCN1OS/C(=C\c2cccc(Br)c2)O1)NO. The molecule has 0 bridgehead atoms. The van der Waals surface area contributed by atoms with Crippen molar-refractivity contribution in [2.75, 3.05) is 6.54 Å². The van der Waals surface area contributed by atoms with Gasteiger partial charge in [0.2, 0.25) is 11.0 Å². The van der Waals surface area contributed by atoms with Gasteiger partial charge in [-0.15, -0.1) is 0 Å². The van der Waals surface area contributed by atoms with Crippen LogP contribution < -0.4 is 5.48 Å². The van der Waals surface area contributed by atoms with Gasteiger partial charge in [-0.1, -0.05) is 40.9 Å². The van der Waals surface area contributed by atoms with Crippen LogP contribution in [0.25, 0.3) is 6.08 Å². The highest BCUT2D eigenvalue weighted by atomic mass is 79.9. The molecule has 1 heterocycles. The largest absolute Gasteiger partial charge is 0.370 e. The Balaban J connectivity index is 1.63. The lowest BCUT2D eigenvalue weighted by atomic mass is 10.1. The van der Waals surface area contributed by atoms with Crippen LogP contribution in [-0.2, 0) is 13.9 Å². The first-order valence-corrected chi connectivity index (χ1v) is 8.91. The number of hydrogen-bond acceptors (Lipinski definition) is 6. The maximum Gasteiger partial charge on any atom is 0.243 e. The fraction of sp³-hybridized carbons (Fsp3) is 0.400. The van der Waals surface area contributed by atoms with Crippen molar-refractivity contribution in [3.63, 3.8) is 0 Å². The van der Waals surface area contributed by atoms with Crippen LogP contribution in [0.15, 0.2) is 33.8 Å². The molecule has 8 heteroatoms. The number of nitrogens with one attached hydrogen (secondary N) is 1. The predicted molar refractivity (Wildman–Crippen MR) is 91.6 cm³/mol. The highest BCUT2D eigenvalue weighted by molar-refractivity contribution is 9.10. The third-order valence-electron chi connectivity index (χ3n) is 3.15. The van der Waals surface area contributed by atoms with Crippen molar-refractivity contribution in [2.24, 2.45) is 0 Å². The van der Waals surface area contributed by atoms with Crippen molar-refractivity contribution in [3.8, 4) is 0 Å². The molecular weight excluding hydrogens is 384 g/mol. The van der Waals surface area contributed by atoms with Gasteiger partial charge in [0.1, 0.15) is 0 Å². The maximum atomic E-state index is 10.8. The number of carbonyl (C=O) groups is 1. The van der Waals surface area contributed by atoms with E-state index in [4.69, 9.17) is 14.3 Å². The van der Waals surface area contributed by atoms with Crippen molar-refractivity contribution in [1.82, 2.24) is 10.7 Å². The average Bonchev–Trinajstić information content (AvgIpc) is 2.97. The van der Waals surface area contributed by atoms with Crippen LogP contribution in [0.1, 0.15) is 37.7 Å². The Morgan fingerprint density at radius 3 is 2.96 bits per heavy atom. The van der Waals surface area contributed by atoms with Gasteiger partial charge in [-0.25, -0.2) is 5.48 Å². The third kappa shape index (κ3) is 6.92. The highest BCUT2D eigenvalue weighted by Gasteiger charge is 2.20. The van der Waals surface area contributed by atoms with E-state index < -0.39 is 0 Å². The minimum absolute atomic E-state index is 0.338. The van der Waals surface area contributed by atoms with Crippen molar-refractivity contribution >= 4 is 40.0 Å². The van der Waals surface area contributed by atoms with Crippen LogP contribution in [0.2, 0.25) is 0 Å². The van der Waals surface area contributed by atoms with Crippen molar-refractivity contribution in [3.05, 3.63) is 39.4 Å². The molecule has 1 aliphatic rings. The summed E-state index contributed by atoms with van der Waals surface area (Å²) in [4.78, 5) is 16.4. The second-order valence-corrected chi connectivity index (χ2v) is 6.66. The summed E-state index contributed by atoms with van der Waals surface area (Å²) >= 11 is 4.63. The lowest BCUT2D eigenvalue weighted by Gasteiger charge is -2.10. The first-order chi connectivity index (χ1) is 11.2. The smallest absolute Gasteiger partial charge is 0.243 e. The molecule has 1 aliphatic heterocycles. The molecule has 0 aliphatic carbocycles. The van der Waals surface area contributed by atoms with E-state index in [1.165, 1.54) is 17.3 Å². The molecule has 6 nitrogen and oxygen atoms in total. The molecule has 2 N–H and O–H groups in total. The number of hydrogen-bond donors (Lipinski definition) is 2. The van der Waals surface area contributed by atoms with Crippen molar-refractivity contribution in [2.45, 2.75) is 32.1 Å². The molecule has 23 heavy (non-hydrogen) atoms. The van der Waals surface area contributed by atoms with E-state index in [1.54, 1.807) is 5.48 Å². The van der Waals surface area contributed by atoms with Gasteiger partial charge in [-0.3, -0.25) is 10.0 Å². The van der Waals surface area contributed by atoms with Crippen molar-refractivity contribution in [1.29, 1.82) is 0 Å². The number of carbonyl (C=O) groups excluding carboxylic acids is 1. The molecule has 1 saturated heterocycles. The number of unbranched alkanes of at least 4 members (excludes halogenated alkanes) is 3. The van der Waals surface area contributed by atoms with E-state index in [0.717, 1.165) is 35.7 Å². The average molecular weight is 403 g/mol. The Kier molecular flexibility index (Phi) is 7.90. The summed E-state index contributed by atoms with van der Waals surface area (Å²) in [6.07, 6.45) is 5.83. The monoisotopic (exact) mass is 402 g/mol. The number of hydroxylamine groups is 3. The van der Waals surface area contributed by atoms with Gasteiger partial charge in [-0.05, 0) is 41.8 Å². The first kappa shape index (κ1) is 18.3. The minimum atomic E-state index is -0.338. The summed E-state index contributed by atoms with van der Waals surface area (Å²) in [7, 11) is 0. The number of amides is 1. The molecule has 0 aromatic heterocycles. The Bertz CT molecular complexity index is 556. The van der Waals surface area contributed by atoms with Gasteiger partial charge < -0.3 is 4.84 Å². The van der Waals surface area contributed by atoms with E-state index in [-0.39, 0.29) is 5.91 Å². The summed E-state index contributed by atoms with van der Waals surface area (Å²) in [6, 6.07) is 7.93. The van der Waals surface area contributed by atoms with E-state index in [2.05, 4.69) is 15.9 Å². The molecule has 0 radical (unpaired) electrons. The van der Waals surface area contributed by atoms with Gasteiger partial charge in [-0.2, -0.15) is 4.28 Å². The molecule has 1 amide bonds. The van der Waals surface area contributed by atoms with Crippen LogP contribution in [0.3, 0.4) is 0 Å². The van der Waals surface area contributed by atoms with Crippen LogP contribution in [0, 0.1) is 0 Å². The zero-order chi connectivity index (χ0) is 16.5. The number of halogens is 1. The predicted octanol–water partition coefficient (Wildman–Crippen LogP) is 4.03. The molecule has 1 aromatic carbocycles. The number of benzene rings is 1. The van der Waals surface area contributed by atoms with Crippen LogP contribution in [-0.4, -0.2) is 22.9 Å². The fourth-order valence-electron chi connectivity index (χ4n) is 2.01. The molecule has 126 valence electrons. The lowest BCUT2D eigenvalue weighted by molar-refractivity contribution is -0.259. The van der Waals surface area contributed by atoms with E-state index in [0.29, 0.717) is 18.1 Å². The summed E-state index contributed by atoms with van der Waals surface area (Å²) in [5, 5.41) is 10.5. The summed E-state index contributed by atoms with van der Waals surface area (Å²) in [5.74, 6) is -0.338. The molecule has 0 spiro atoms. The highest BCUT2D eigenvalue weighted by Crippen LogP contribution is 2.32. The molecule has 0 unspecified atom stereocenters. The second kappa shape index (κ2) is 9.94. The normalized spacial score (nSPS) is 16.5. The number of rotatable bonds is 8. The lowest BCUT2D eigenvalue weighted by Crippen LogP contribution is -2.18. The van der Waals surface area contributed by atoms with Gasteiger partial charge in [0.25, 0.3) is 0 Å². The quantitative estimate of drug-likeness (QED) is 0.296. The van der Waals surface area contributed by atoms with Gasteiger partial charge in [0.05, 0.1) is 18.6 Å². The van der Waals surface area contributed by atoms with E-state index in [1.807, 2.05) is 30.3 Å². The molecule has 2 rings (SSSR count). The molecule has 0 saturated carbocycles. The molecule has 1 fully saturated rings. The minimum Gasteiger partial charge on any atom is -0.370 e. The van der Waals surface area contributed by atoms with Crippen LogP contribution in [0.4, 0.5) is 0 Å². The first-order valence-electron chi connectivity index (χ1n) is 7.38. The maximum absolute atomic E-state index is 10.8. The summed E-state index contributed by atoms with van der Waals surface area (Å²) < 4.78 is 6.40. The van der Waals surface area contributed by atoms with Crippen LogP contribution >= 0.6 is 28.0 Å². The topological polar surface area (TPSA) is 71.0 Å². The van der Waals surface area contributed by atoms with Gasteiger partial charge in [0, 0.05) is 10.9 Å². The van der Waals surface area contributed by atoms with E-state index in [9.17, 15) is 4.79 Å². The Morgan fingerprint density at radius 1 is 1.35 bits per heavy atom. The Hall–Kier alpha value is -1.06. The zero-order valence-electron chi connectivity index (χ0n) is 12.5. The second-order valence-electron chi connectivity index (χ2n) is 5.02. The summed E-state index contributed by atoms with van der Waals surface area (Å²) in [5.41, 5.74) is 2.67. The number of nitrogens with zero attached hydrogens (tertiary/aromatic N) is 1. The molecule has 0 atom stereocenters. The van der Waals surface area contributed by atoms with Gasteiger partial charge in [0.15, 0.2) is 0 Å². The van der Waals surface area contributed by atoms with Crippen LogP contribution in [0.5, 0.6) is 0 Å². The standard InChI is InChI=1S/C15H19BrN2O4S/c16-13-7-5-6-12(10-13)11-15-21-18(22-23-15)9-4-2-1-3-8-14(19)17-20/h5-7,10-11,20H,1-4,8-9H2,(H,17,19)/b15-11-. The van der Waals surface area contributed by atoms with Crippen molar-refractivity contribution < 1.29 is 19.1 Å². The Labute approximate surface area is 148 Å². The molecule has 1 aromatic rings. The third-order valence-corrected chi connectivity index (χ3v) is 4.24. The van der Waals surface area contributed by atoms with Gasteiger partial charge >= 0.3 is 0 Å². The zero-order valence-corrected chi connectivity index (χ0v) is 14.9. The van der Waals surface area contributed by atoms with E-state index >= 15 is 0 Å². The fourth-order valence-corrected chi connectivity index (χ4v) is 2.99. The molecular formula is C15H19BrN2O4S. The summed E-state index contributed by atoms with van der Waals surface area (Å²) in [6.45, 7) is 0.662. The Morgan fingerprint density at radius 2 is 2.17 bits per heavy atom.